The van der Waals surface area contributed by atoms with Crippen LogP contribution in [0.15, 0.2) is 24.3 Å². The lowest BCUT2D eigenvalue weighted by Gasteiger charge is -2.02. The average molecular weight is 183 g/mol. The van der Waals surface area contributed by atoms with Crippen LogP contribution >= 0.6 is 11.6 Å². The van der Waals surface area contributed by atoms with Gasteiger partial charge in [-0.2, -0.15) is 0 Å². The van der Waals surface area contributed by atoms with E-state index in [-0.39, 0.29) is 0 Å². The van der Waals surface area contributed by atoms with E-state index in [0.717, 1.165) is 11.8 Å². The van der Waals surface area contributed by atoms with Gasteiger partial charge in [0.1, 0.15) is 6.29 Å². The largest absolute Gasteiger partial charge is 0.302 e. The van der Waals surface area contributed by atoms with E-state index in [1.54, 1.807) is 0 Å². The lowest BCUT2D eigenvalue weighted by Crippen LogP contribution is -2.03. The number of carbonyl (C=O) groups is 1. The zero-order valence-electron chi connectivity index (χ0n) is 6.96. The number of aryl methyl sites for hydroxylation is 1. The number of benzene rings is 1. The molecule has 1 nitrogen and oxygen atoms in total. The molecule has 1 rings (SSSR count). The van der Waals surface area contributed by atoms with E-state index in [2.05, 4.69) is 0 Å². The third-order valence-electron chi connectivity index (χ3n) is 1.66. The van der Waals surface area contributed by atoms with Crippen molar-refractivity contribution in [1.82, 2.24) is 0 Å². The van der Waals surface area contributed by atoms with Crippen LogP contribution < -0.4 is 0 Å². The summed E-state index contributed by atoms with van der Waals surface area (Å²) < 4.78 is 0. The van der Waals surface area contributed by atoms with Gasteiger partial charge in [-0.3, -0.25) is 0 Å². The summed E-state index contributed by atoms with van der Waals surface area (Å²) in [4.78, 5) is 10.3. The number of carbonyl (C=O) groups excluding carboxylic acids is 1. The summed E-state index contributed by atoms with van der Waals surface area (Å²) in [5, 5.41) is -0.396. The smallest absolute Gasteiger partial charge is 0.138 e. The van der Waals surface area contributed by atoms with Crippen LogP contribution in [0.1, 0.15) is 11.1 Å². The summed E-state index contributed by atoms with van der Waals surface area (Å²) in [6, 6.07) is 8.01. The van der Waals surface area contributed by atoms with E-state index in [9.17, 15) is 4.79 Å². The predicted octanol–water partition coefficient (Wildman–Crippen LogP) is 2.34. The summed E-state index contributed by atoms with van der Waals surface area (Å²) in [5.74, 6) is 0. The van der Waals surface area contributed by atoms with Crippen molar-refractivity contribution in [2.24, 2.45) is 0 Å². The molecule has 0 aliphatic heterocycles. The van der Waals surface area contributed by atoms with Crippen LogP contribution in [0.3, 0.4) is 0 Å². The molecule has 0 aliphatic rings. The monoisotopic (exact) mass is 182 g/mol. The fourth-order valence-electron chi connectivity index (χ4n) is 1.11. The molecule has 0 radical (unpaired) electrons. The molecule has 0 bridgehead atoms. The van der Waals surface area contributed by atoms with Crippen LogP contribution in [0.25, 0.3) is 0 Å². The number of aldehydes is 1. The fraction of sp³-hybridized carbons (Fsp3) is 0.300. The van der Waals surface area contributed by atoms with Crippen LogP contribution in [0, 0.1) is 6.92 Å². The molecule has 0 heterocycles. The molecule has 0 saturated carbocycles. The predicted molar refractivity (Wildman–Crippen MR) is 50.6 cm³/mol. The second-order valence-corrected chi connectivity index (χ2v) is 3.41. The van der Waals surface area contributed by atoms with Gasteiger partial charge in [0.15, 0.2) is 0 Å². The van der Waals surface area contributed by atoms with Crippen molar-refractivity contribution < 1.29 is 4.79 Å². The highest BCUT2D eigenvalue weighted by Gasteiger charge is 2.02. The van der Waals surface area contributed by atoms with Crippen molar-refractivity contribution in [2.45, 2.75) is 18.7 Å². The van der Waals surface area contributed by atoms with Gasteiger partial charge in [0, 0.05) is 0 Å². The number of hydrogen-bond donors (Lipinski definition) is 0. The highest BCUT2D eigenvalue weighted by molar-refractivity contribution is 6.27. The van der Waals surface area contributed by atoms with Crippen molar-refractivity contribution >= 4 is 17.9 Å². The zero-order valence-corrected chi connectivity index (χ0v) is 7.71. The molecule has 1 aromatic carbocycles. The fourth-order valence-corrected chi connectivity index (χ4v) is 1.29. The van der Waals surface area contributed by atoms with Crippen molar-refractivity contribution in [3.63, 3.8) is 0 Å². The highest BCUT2D eigenvalue weighted by atomic mass is 35.5. The normalized spacial score (nSPS) is 12.5. The molecular weight excluding hydrogens is 172 g/mol. The average Bonchev–Trinajstić information content (AvgIpc) is 2.04. The maximum Gasteiger partial charge on any atom is 0.138 e. The molecule has 0 saturated heterocycles. The van der Waals surface area contributed by atoms with E-state index in [4.69, 9.17) is 11.6 Å². The van der Waals surface area contributed by atoms with Crippen molar-refractivity contribution in [2.75, 3.05) is 0 Å². The summed E-state index contributed by atoms with van der Waals surface area (Å²) in [6.07, 6.45) is 1.39. The molecule has 64 valence electrons. The van der Waals surface area contributed by atoms with Gasteiger partial charge < -0.3 is 4.79 Å². The van der Waals surface area contributed by atoms with Gasteiger partial charge in [-0.15, -0.1) is 11.6 Å². The van der Waals surface area contributed by atoms with Gasteiger partial charge in [-0.05, 0) is 18.9 Å². The van der Waals surface area contributed by atoms with Crippen LogP contribution in [0.2, 0.25) is 0 Å². The van der Waals surface area contributed by atoms with E-state index >= 15 is 0 Å². The molecule has 0 spiro atoms. The van der Waals surface area contributed by atoms with Crippen LogP contribution in [0.4, 0.5) is 0 Å². The number of halogens is 1. The first-order chi connectivity index (χ1) is 5.72. The SMILES string of the molecule is Cc1cccc(CC(Cl)C=O)c1. The molecule has 0 fully saturated rings. The van der Waals surface area contributed by atoms with Gasteiger partial charge in [-0.1, -0.05) is 29.8 Å². The molecule has 2 heteroatoms. The molecule has 12 heavy (non-hydrogen) atoms. The lowest BCUT2D eigenvalue weighted by atomic mass is 10.1. The molecule has 1 unspecified atom stereocenters. The van der Waals surface area contributed by atoms with Crippen LogP contribution in [0.5, 0.6) is 0 Å². The number of alkyl halides is 1. The Hall–Kier alpha value is -0.820. The molecule has 0 aliphatic carbocycles. The minimum absolute atomic E-state index is 0.396. The van der Waals surface area contributed by atoms with E-state index in [1.165, 1.54) is 5.56 Å². The molecule has 0 N–H and O–H groups in total. The summed E-state index contributed by atoms with van der Waals surface area (Å²) in [6.45, 7) is 2.02. The quantitative estimate of drug-likeness (QED) is 0.518. The molecular formula is C10H11ClO. The first-order valence-corrected chi connectivity index (χ1v) is 4.31. The summed E-state index contributed by atoms with van der Waals surface area (Å²) >= 11 is 5.68. The Bertz CT molecular complexity index is 270. The van der Waals surface area contributed by atoms with Crippen molar-refractivity contribution in [1.29, 1.82) is 0 Å². The first kappa shape index (κ1) is 9.27. The van der Waals surface area contributed by atoms with Crippen LogP contribution in [-0.2, 0) is 11.2 Å². The molecule has 1 atom stereocenters. The Labute approximate surface area is 77.4 Å². The Kier molecular flexibility index (Phi) is 3.30. The van der Waals surface area contributed by atoms with E-state index in [0.29, 0.717) is 6.42 Å². The standard InChI is InChI=1S/C10H11ClO/c1-8-3-2-4-9(5-8)6-10(11)7-12/h2-5,7,10H,6H2,1H3. The maximum atomic E-state index is 10.3. The second kappa shape index (κ2) is 4.27. The van der Waals surface area contributed by atoms with E-state index < -0.39 is 5.38 Å². The van der Waals surface area contributed by atoms with Gasteiger partial charge in [0.2, 0.25) is 0 Å². The Morgan fingerprint density at radius 2 is 2.33 bits per heavy atom. The molecule has 0 amide bonds. The number of rotatable bonds is 3. The molecule has 1 aromatic rings. The summed E-state index contributed by atoms with van der Waals surface area (Å²) in [7, 11) is 0. The minimum Gasteiger partial charge on any atom is -0.302 e. The topological polar surface area (TPSA) is 17.1 Å². The Morgan fingerprint density at radius 1 is 1.58 bits per heavy atom. The second-order valence-electron chi connectivity index (χ2n) is 2.85. The lowest BCUT2D eigenvalue weighted by molar-refractivity contribution is -0.107. The zero-order chi connectivity index (χ0) is 8.97. The van der Waals surface area contributed by atoms with Crippen molar-refractivity contribution in [3.05, 3.63) is 35.4 Å². The molecule has 0 aromatic heterocycles. The van der Waals surface area contributed by atoms with Gasteiger partial charge in [0.25, 0.3) is 0 Å². The van der Waals surface area contributed by atoms with Gasteiger partial charge >= 0.3 is 0 Å². The summed E-state index contributed by atoms with van der Waals surface area (Å²) in [5.41, 5.74) is 2.31. The van der Waals surface area contributed by atoms with Gasteiger partial charge in [-0.25, -0.2) is 0 Å². The van der Waals surface area contributed by atoms with Gasteiger partial charge in [0.05, 0.1) is 5.38 Å². The Balaban J connectivity index is 2.69. The van der Waals surface area contributed by atoms with Crippen LogP contribution in [-0.4, -0.2) is 11.7 Å². The highest BCUT2D eigenvalue weighted by Crippen LogP contribution is 2.08. The van der Waals surface area contributed by atoms with Crippen molar-refractivity contribution in [3.8, 4) is 0 Å². The van der Waals surface area contributed by atoms with E-state index in [1.807, 2.05) is 31.2 Å². The first-order valence-electron chi connectivity index (χ1n) is 3.87. The maximum absolute atomic E-state index is 10.3. The third-order valence-corrected chi connectivity index (χ3v) is 1.92. The number of hydrogen-bond acceptors (Lipinski definition) is 1. The minimum atomic E-state index is -0.396. The Morgan fingerprint density at radius 3 is 2.92 bits per heavy atom. The third kappa shape index (κ3) is 2.67.